The number of hydrogen-bond acceptors (Lipinski definition) is 1. The second-order valence-electron chi connectivity index (χ2n) is 6.22. The summed E-state index contributed by atoms with van der Waals surface area (Å²) >= 11 is 0. The highest BCUT2D eigenvalue weighted by atomic mass is 16.2. The number of rotatable bonds is 3. The molecule has 1 N–H and O–H groups in total. The van der Waals surface area contributed by atoms with E-state index in [2.05, 4.69) is 26.1 Å². The number of carbonyl (C=O) groups excluding carboxylic acids is 1. The highest BCUT2D eigenvalue weighted by Crippen LogP contribution is 2.38. The Bertz CT molecular complexity index is 257. The summed E-state index contributed by atoms with van der Waals surface area (Å²) in [5.74, 6) is 2.60. The molecule has 0 saturated heterocycles. The molecule has 2 rings (SSSR count). The minimum Gasteiger partial charge on any atom is -0.353 e. The minimum absolute atomic E-state index is 0.282. The molecule has 0 radical (unpaired) electrons. The standard InChI is InChI=1S/C14H25NO/c1-9(2)12-7-4-10(3)8-13(12)14(16)15-11-5-6-11/h9-13H,4-8H2,1-3H3,(H,15,16)/t10-,12-,13-/m1/s1. The van der Waals surface area contributed by atoms with Crippen molar-refractivity contribution < 1.29 is 4.79 Å². The molecule has 16 heavy (non-hydrogen) atoms. The lowest BCUT2D eigenvalue weighted by atomic mass is 9.70. The first kappa shape index (κ1) is 11.9. The van der Waals surface area contributed by atoms with Crippen LogP contribution in [0.15, 0.2) is 0 Å². The number of amides is 1. The lowest BCUT2D eigenvalue weighted by molar-refractivity contribution is -0.129. The largest absolute Gasteiger partial charge is 0.353 e. The first-order valence-electron chi connectivity index (χ1n) is 6.88. The van der Waals surface area contributed by atoms with Crippen LogP contribution >= 0.6 is 0 Å². The van der Waals surface area contributed by atoms with Gasteiger partial charge in [-0.3, -0.25) is 4.79 Å². The van der Waals surface area contributed by atoms with Gasteiger partial charge in [-0.1, -0.05) is 27.2 Å². The van der Waals surface area contributed by atoms with Gasteiger partial charge in [0.15, 0.2) is 0 Å². The molecule has 0 aromatic rings. The van der Waals surface area contributed by atoms with Gasteiger partial charge in [0.05, 0.1) is 0 Å². The molecule has 2 nitrogen and oxygen atoms in total. The van der Waals surface area contributed by atoms with Crippen molar-refractivity contribution in [1.82, 2.24) is 5.32 Å². The van der Waals surface area contributed by atoms with E-state index in [1.807, 2.05) is 0 Å². The molecule has 2 aliphatic carbocycles. The highest BCUT2D eigenvalue weighted by Gasteiger charge is 2.37. The van der Waals surface area contributed by atoms with E-state index >= 15 is 0 Å². The fourth-order valence-corrected chi connectivity index (χ4v) is 3.04. The monoisotopic (exact) mass is 223 g/mol. The fraction of sp³-hybridized carbons (Fsp3) is 0.929. The van der Waals surface area contributed by atoms with Crippen molar-refractivity contribution in [3.05, 3.63) is 0 Å². The second kappa shape index (κ2) is 4.77. The number of carbonyl (C=O) groups is 1. The molecular formula is C14H25NO. The molecular weight excluding hydrogens is 198 g/mol. The van der Waals surface area contributed by atoms with Crippen molar-refractivity contribution in [2.45, 2.75) is 58.9 Å². The van der Waals surface area contributed by atoms with Crippen LogP contribution in [-0.4, -0.2) is 11.9 Å². The normalized spacial score (nSPS) is 35.1. The van der Waals surface area contributed by atoms with Gasteiger partial charge >= 0.3 is 0 Å². The van der Waals surface area contributed by atoms with Crippen LogP contribution in [0.2, 0.25) is 0 Å². The van der Waals surface area contributed by atoms with Crippen LogP contribution < -0.4 is 5.32 Å². The summed E-state index contributed by atoms with van der Waals surface area (Å²) in [6.45, 7) is 6.81. The maximum absolute atomic E-state index is 12.2. The molecule has 0 spiro atoms. The zero-order chi connectivity index (χ0) is 11.7. The van der Waals surface area contributed by atoms with E-state index in [1.165, 1.54) is 25.7 Å². The Morgan fingerprint density at radius 1 is 1.19 bits per heavy atom. The molecule has 1 amide bonds. The van der Waals surface area contributed by atoms with Gasteiger partial charge in [0.25, 0.3) is 0 Å². The maximum atomic E-state index is 12.2. The van der Waals surface area contributed by atoms with Gasteiger partial charge in [-0.25, -0.2) is 0 Å². The van der Waals surface area contributed by atoms with Gasteiger partial charge in [0.1, 0.15) is 0 Å². The van der Waals surface area contributed by atoms with Crippen LogP contribution in [0.5, 0.6) is 0 Å². The average molecular weight is 223 g/mol. The van der Waals surface area contributed by atoms with Crippen LogP contribution in [0, 0.1) is 23.7 Å². The predicted molar refractivity (Wildman–Crippen MR) is 66.0 cm³/mol. The predicted octanol–water partition coefficient (Wildman–Crippen LogP) is 2.97. The Balaban J connectivity index is 1.97. The number of hydrogen-bond donors (Lipinski definition) is 1. The summed E-state index contributed by atoms with van der Waals surface area (Å²) in [5, 5.41) is 3.19. The summed E-state index contributed by atoms with van der Waals surface area (Å²) in [5.41, 5.74) is 0. The van der Waals surface area contributed by atoms with Crippen LogP contribution in [0.4, 0.5) is 0 Å². The van der Waals surface area contributed by atoms with E-state index in [1.54, 1.807) is 0 Å². The van der Waals surface area contributed by atoms with E-state index < -0.39 is 0 Å². The van der Waals surface area contributed by atoms with Crippen molar-refractivity contribution in [1.29, 1.82) is 0 Å². The van der Waals surface area contributed by atoms with Gasteiger partial charge in [0.2, 0.25) is 5.91 Å². The third kappa shape index (κ3) is 2.78. The van der Waals surface area contributed by atoms with E-state index in [4.69, 9.17) is 0 Å². The van der Waals surface area contributed by atoms with Crippen molar-refractivity contribution >= 4 is 5.91 Å². The van der Waals surface area contributed by atoms with Gasteiger partial charge in [-0.15, -0.1) is 0 Å². The van der Waals surface area contributed by atoms with E-state index in [9.17, 15) is 4.79 Å². The molecule has 3 atom stereocenters. The smallest absolute Gasteiger partial charge is 0.223 e. The summed E-state index contributed by atoms with van der Waals surface area (Å²) in [7, 11) is 0. The molecule has 0 aromatic heterocycles. The minimum atomic E-state index is 0.282. The molecule has 0 aliphatic heterocycles. The Morgan fingerprint density at radius 3 is 2.44 bits per heavy atom. The van der Waals surface area contributed by atoms with Gasteiger partial charge in [-0.2, -0.15) is 0 Å². The molecule has 0 bridgehead atoms. The van der Waals surface area contributed by atoms with E-state index in [0.29, 0.717) is 23.8 Å². The molecule has 0 unspecified atom stereocenters. The third-order valence-corrected chi connectivity index (χ3v) is 4.28. The fourth-order valence-electron chi connectivity index (χ4n) is 3.04. The first-order valence-corrected chi connectivity index (χ1v) is 6.88. The van der Waals surface area contributed by atoms with E-state index in [-0.39, 0.29) is 5.92 Å². The van der Waals surface area contributed by atoms with E-state index in [0.717, 1.165) is 12.3 Å². The quantitative estimate of drug-likeness (QED) is 0.783. The first-order chi connectivity index (χ1) is 7.58. The summed E-state index contributed by atoms with van der Waals surface area (Å²) in [4.78, 5) is 12.2. The molecule has 0 heterocycles. The summed E-state index contributed by atoms with van der Waals surface area (Å²) < 4.78 is 0. The number of nitrogens with one attached hydrogen (secondary N) is 1. The van der Waals surface area contributed by atoms with Crippen LogP contribution in [0.3, 0.4) is 0 Å². The Labute approximate surface area is 99.2 Å². The third-order valence-electron chi connectivity index (χ3n) is 4.28. The van der Waals surface area contributed by atoms with Crippen LogP contribution in [-0.2, 0) is 4.79 Å². The van der Waals surface area contributed by atoms with Crippen molar-refractivity contribution in [3.63, 3.8) is 0 Å². The molecule has 2 aliphatic rings. The van der Waals surface area contributed by atoms with Crippen molar-refractivity contribution in [3.8, 4) is 0 Å². The zero-order valence-corrected chi connectivity index (χ0v) is 10.8. The second-order valence-corrected chi connectivity index (χ2v) is 6.22. The summed E-state index contributed by atoms with van der Waals surface area (Å²) in [6.07, 6.45) is 6.03. The maximum Gasteiger partial charge on any atom is 0.223 e. The average Bonchev–Trinajstić information content (AvgIpc) is 3.01. The van der Waals surface area contributed by atoms with Crippen LogP contribution in [0.1, 0.15) is 52.9 Å². The Kier molecular flexibility index (Phi) is 3.56. The van der Waals surface area contributed by atoms with Gasteiger partial charge < -0.3 is 5.32 Å². The molecule has 92 valence electrons. The summed E-state index contributed by atoms with van der Waals surface area (Å²) in [6, 6.07) is 0.512. The zero-order valence-electron chi connectivity index (χ0n) is 10.8. The van der Waals surface area contributed by atoms with Gasteiger partial charge in [0, 0.05) is 12.0 Å². The molecule has 2 saturated carbocycles. The lowest BCUT2D eigenvalue weighted by Gasteiger charge is -2.36. The Morgan fingerprint density at radius 2 is 1.88 bits per heavy atom. The Hall–Kier alpha value is -0.530. The SMILES string of the molecule is CC(C)[C@H]1CC[C@@H](C)C[C@H]1C(=O)NC1CC1. The van der Waals surface area contributed by atoms with Crippen LogP contribution in [0.25, 0.3) is 0 Å². The molecule has 2 fully saturated rings. The molecule has 0 aromatic carbocycles. The van der Waals surface area contributed by atoms with Gasteiger partial charge in [-0.05, 0) is 43.4 Å². The lowest BCUT2D eigenvalue weighted by Crippen LogP contribution is -2.41. The topological polar surface area (TPSA) is 29.1 Å². The molecule has 2 heteroatoms. The van der Waals surface area contributed by atoms with Crippen molar-refractivity contribution in [2.75, 3.05) is 0 Å². The highest BCUT2D eigenvalue weighted by molar-refractivity contribution is 5.79. The van der Waals surface area contributed by atoms with Crippen molar-refractivity contribution in [2.24, 2.45) is 23.7 Å².